The molecule has 2 rings (SSSR count). The number of carbonyl (C=O) groups is 1. The highest BCUT2D eigenvalue weighted by atomic mass is 16.3. The number of nitrogens with one attached hydrogen (secondary N) is 2. The SMILES string of the molecule is CCNC(C)c1cccc(NC(=O)N2CCC(O)CC2)c1. The maximum Gasteiger partial charge on any atom is 0.321 e. The average Bonchev–Trinajstić information content (AvgIpc) is 2.48. The number of rotatable bonds is 4. The van der Waals surface area contributed by atoms with Gasteiger partial charge in [0, 0.05) is 24.8 Å². The van der Waals surface area contributed by atoms with Crippen LogP contribution in [0.3, 0.4) is 0 Å². The summed E-state index contributed by atoms with van der Waals surface area (Å²) in [6, 6.07) is 8.09. The number of aliphatic hydroxyl groups is 1. The van der Waals surface area contributed by atoms with Crippen molar-refractivity contribution in [2.24, 2.45) is 0 Å². The minimum Gasteiger partial charge on any atom is -0.393 e. The first kappa shape index (κ1) is 15.8. The molecule has 1 aromatic carbocycles. The molecule has 5 nitrogen and oxygen atoms in total. The highest BCUT2D eigenvalue weighted by Crippen LogP contribution is 2.18. The summed E-state index contributed by atoms with van der Waals surface area (Å²) in [7, 11) is 0. The summed E-state index contributed by atoms with van der Waals surface area (Å²) < 4.78 is 0. The Hall–Kier alpha value is -1.59. The van der Waals surface area contributed by atoms with Gasteiger partial charge in [0.2, 0.25) is 0 Å². The topological polar surface area (TPSA) is 64.6 Å². The van der Waals surface area contributed by atoms with Crippen LogP contribution in [0.2, 0.25) is 0 Å². The highest BCUT2D eigenvalue weighted by Gasteiger charge is 2.21. The fourth-order valence-corrected chi connectivity index (χ4v) is 2.58. The summed E-state index contributed by atoms with van der Waals surface area (Å²) >= 11 is 0. The van der Waals surface area contributed by atoms with Crippen LogP contribution in [0.5, 0.6) is 0 Å². The Kier molecular flexibility index (Phi) is 5.59. The molecule has 0 saturated carbocycles. The van der Waals surface area contributed by atoms with Crippen LogP contribution in [-0.2, 0) is 0 Å². The second-order valence-electron chi connectivity index (χ2n) is 5.55. The summed E-state index contributed by atoms with van der Waals surface area (Å²) in [5.41, 5.74) is 1.97. The van der Waals surface area contributed by atoms with Crippen LogP contribution in [-0.4, -0.2) is 41.8 Å². The molecule has 1 aliphatic rings. The van der Waals surface area contributed by atoms with Gasteiger partial charge in [0.1, 0.15) is 0 Å². The summed E-state index contributed by atoms with van der Waals surface area (Å²) in [4.78, 5) is 14.0. The maximum absolute atomic E-state index is 12.2. The smallest absolute Gasteiger partial charge is 0.321 e. The standard InChI is InChI=1S/C16H25N3O2/c1-3-17-12(2)13-5-4-6-14(11-13)18-16(21)19-9-7-15(20)8-10-19/h4-6,11-12,15,17,20H,3,7-10H2,1-2H3,(H,18,21). The second-order valence-corrected chi connectivity index (χ2v) is 5.55. The number of likely N-dealkylation sites (tertiary alicyclic amines) is 1. The number of urea groups is 1. The minimum atomic E-state index is -0.265. The van der Waals surface area contributed by atoms with E-state index in [0.717, 1.165) is 17.8 Å². The van der Waals surface area contributed by atoms with Crippen molar-refractivity contribution in [3.8, 4) is 0 Å². The third-order valence-electron chi connectivity index (χ3n) is 3.90. The van der Waals surface area contributed by atoms with E-state index in [9.17, 15) is 9.90 Å². The molecular formula is C16H25N3O2. The van der Waals surface area contributed by atoms with Crippen molar-refractivity contribution >= 4 is 11.7 Å². The molecule has 0 bridgehead atoms. The molecule has 0 aliphatic carbocycles. The van der Waals surface area contributed by atoms with Crippen molar-refractivity contribution in [3.63, 3.8) is 0 Å². The lowest BCUT2D eigenvalue weighted by molar-refractivity contribution is 0.0972. The zero-order valence-corrected chi connectivity index (χ0v) is 12.8. The van der Waals surface area contributed by atoms with E-state index in [1.807, 2.05) is 18.2 Å². The number of hydrogen-bond donors (Lipinski definition) is 3. The molecule has 0 radical (unpaired) electrons. The Bertz CT molecular complexity index is 470. The predicted octanol–water partition coefficient (Wildman–Crippen LogP) is 2.35. The first-order chi connectivity index (χ1) is 10.1. The minimum absolute atomic E-state index is 0.0878. The van der Waals surface area contributed by atoms with Crippen LogP contribution in [0.25, 0.3) is 0 Å². The highest BCUT2D eigenvalue weighted by molar-refractivity contribution is 5.89. The Balaban J connectivity index is 1.96. The van der Waals surface area contributed by atoms with Crippen LogP contribution in [0, 0.1) is 0 Å². The van der Waals surface area contributed by atoms with Gasteiger partial charge in [-0.2, -0.15) is 0 Å². The van der Waals surface area contributed by atoms with Gasteiger partial charge in [-0.1, -0.05) is 19.1 Å². The van der Waals surface area contributed by atoms with Gasteiger partial charge in [-0.15, -0.1) is 0 Å². The molecule has 21 heavy (non-hydrogen) atoms. The molecule has 0 aromatic heterocycles. The molecule has 1 saturated heterocycles. The number of benzene rings is 1. The Labute approximate surface area is 126 Å². The first-order valence-corrected chi connectivity index (χ1v) is 7.67. The molecule has 1 aliphatic heterocycles. The van der Waals surface area contributed by atoms with E-state index in [1.54, 1.807) is 4.90 Å². The summed E-state index contributed by atoms with van der Waals surface area (Å²) in [5, 5.41) is 15.8. The lowest BCUT2D eigenvalue weighted by Crippen LogP contribution is -2.42. The van der Waals surface area contributed by atoms with Crippen molar-refractivity contribution in [2.75, 3.05) is 25.0 Å². The first-order valence-electron chi connectivity index (χ1n) is 7.67. The lowest BCUT2D eigenvalue weighted by atomic mass is 10.1. The van der Waals surface area contributed by atoms with Crippen molar-refractivity contribution in [1.29, 1.82) is 0 Å². The predicted molar refractivity (Wildman–Crippen MR) is 84.4 cm³/mol. The molecule has 1 atom stereocenters. The Morgan fingerprint density at radius 2 is 2.14 bits per heavy atom. The number of anilines is 1. The van der Waals surface area contributed by atoms with E-state index in [4.69, 9.17) is 0 Å². The van der Waals surface area contributed by atoms with Crippen molar-refractivity contribution < 1.29 is 9.90 Å². The van der Waals surface area contributed by atoms with E-state index < -0.39 is 0 Å². The van der Waals surface area contributed by atoms with E-state index in [-0.39, 0.29) is 18.2 Å². The number of piperidine rings is 1. The van der Waals surface area contributed by atoms with Gasteiger partial charge in [-0.25, -0.2) is 4.79 Å². The molecule has 5 heteroatoms. The Morgan fingerprint density at radius 1 is 1.43 bits per heavy atom. The largest absolute Gasteiger partial charge is 0.393 e. The Morgan fingerprint density at radius 3 is 2.81 bits per heavy atom. The summed E-state index contributed by atoms with van der Waals surface area (Å²) in [5.74, 6) is 0. The van der Waals surface area contributed by atoms with Gasteiger partial charge in [0.15, 0.2) is 0 Å². The number of amides is 2. The summed E-state index contributed by atoms with van der Waals surface area (Å²) in [6.45, 7) is 6.32. The fourth-order valence-electron chi connectivity index (χ4n) is 2.58. The molecule has 1 fully saturated rings. The molecular weight excluding hydrogens is 266 g/mol. The molecule has 1 aromatic rings. The van der Waals surface area contributed by atoms with E-state index in [0.29, 0.717) is 25.9 Å². The van der Waals surface area contributed by atoms with E-state index >= 15 is 0 Å². The quantitative estimate of drug-likeness (QED) is 0.798. The molecule has 0 spiro atoms. The van der Waals surface area contributed by atoms with Crippen LogP contribution < -0.4 is 10.6 Å². The van der Waals surface area contributed by atoms with Crippen molar-refractivity contribution in [3.05, 3.63) is 29.8 Å². The van der Waals surface area contributed by atoms with Crippen molar-refractivity contribution in [1.82, 2.24) is 10.2 Å². The van der Waals surface area contributed by atoms with E-state index in [2.05, 4.69) is 30.5 Å². The average molecular weight is 291 g/mol. The van der Waals surface area contributed by atoms with Gasteiger partial charge in [-0.05, 0) is 44.0 Å². The van der Waals surface area contributed by atoms with Crippen molar-refractivity contribution in [2.45, 2.75) is 38.8 Å². The molecule has 116 valence electrons. The third kappa shape index (κ3) is 4.44. The van der Waals surface area contributed by atoms with Gasteiger partial charge in [-0.3, -0.25) is 0 Å². The number of carbonyl (C=O) groups excluding carboxylic acids is 1. The number of nitrogens with zero attached hydrogens (tertiary/aromatic N) is 1. The second kappa shape index (κ2) is 7.43. The number of aliphatic hydroxyl groups excluding tert-OH is 1. The van der Waals surface area contributed by atoms with Gasteiger partial charge in [0.25, 0.3) is 0 Å². The van der Waals surface area contributed by atoms with Crippen LogP contribution in [0.15, 0.2) is 24.3 Å². The number of hydrogen-bond acceptors (Lipinski definition) is 3. The van der Waals surface area contributed by atoms with Crippen LogP contribution in [0.1, 0.15) is 38.3 Å². The third-order valence-corrected chi connectivity index (χ3v) is 3.90. The van der Waals surface area contributed by atoms with Gasteiger partial charge in [0.05, 0.1) is 6.10 Å². The molecule has 1 heterocycles. The van der Waals surface area contributed by atoms with E-state index in [1.165, 1.54) is 0 Å². The lowest BCUT2D eigenvalue weighted by Gasteiger charge is -2.29. The molecule has 3 N–H and O–H groups in total. The zero-order chi connectivity index (χ0) is 15.2. The van der Waals surface area contributed by atoms with Crippen LogP contribution in [0.4, 0.5) is 10.5 Å². The monoisotopic (exact) mass is 291 g/mol. The zero-order valence-electron chi connectivity index (χ0n) is 12.8. The summed E-state index contributed by atoms with van der Waals surface area (Å²) in [6.07, 6.45) is 1.05. The van der Waals surface area contributed by atoms with Gasteiger partial charge < -0.3 is 20.6 Å². The fraction of sp³-hybridized carbons (Fsp3) is 0.562. The molecule has 1 unspecified atom stereocenters. The molecule has 2 amide bonds. The van der Waals surface area contributed by atoms with Crippen LogP contribution >= 0.6 is 0 Å². The maximum atomic E-state index is 12.2. The van der Waals surface area contributed by atoms with Gasteiger partial charge >= 0.3 is 6.03 Å². The normalized spacial score (nSPS) is 17.6.